The zero-order chi connectivity index (χ0) is 11.7. The first-order valence-electron chi connectivity index (χ1n) is 4.63. The van der Waals surface area contributed by atoms with E-state index in [4.69, 9.17) is 28.9 Å². The number of aryl methyl sites for hydroxylation is 1. The third-order valence-corrected chi connectivity index (χ3v) is 2.78. The molecule has 82 valence electrons. The molecule has 2 aromatic rings. The van der Waals surface area contributed by atoms with Crippen LogP contribution in [0.25, 0.3) is 11.3 Å². The third-order valence-electron chi connectivity index (χ3n) is 2.23. The van der Waals surface area contributed by atoms with Gasteiger partial charge in [-0.2, -0.15) is 0 Å². The van der Waals surface area contributed by atoms with Crippen molar-refractivity contribution in [2.75, 3.05) is 5.73 Å². The van der Waals surface area contributed by atoms with Gasteiger partial charge in [-0.25, -0.2) is 0 Å². The molecule has 0 spiro atoms. The molecule has 0 amide bonds. The van der Waals surface area contributed by atoms with Crippen molar-refractivity contribution in [3.63, 3.8) is 0 Å². The van der Waals surface area contributed by atoms with Gasteiger partial charge in [0.1, 0.15) is 5.82 Å². The minimum Gasteiger partial charge on any atom is -0.382 e. The number of hydrogen-bond acceptors (Lipinski definition) is 3. The highest BCUT2D eigenvalue weighted by molar-refractivity contribution is 6.36. The van der Waals surface area contributed by atoms with E-state index >= 15 is 0 Å². The SMILES string of the molecule is Cc1cc(-c2ccc(Cl)cc2Cl)nnc1N. The Hall–Kier alpha value is -1.32. The number of rotatable bonds is 1. The zero-order valence-electron chi connectivity index (χ0n) is 8.54. The van der Waals surface area contributed by atoms with E-state index in [-0.39, 0.29) is 0 Å². The highest BCUT2D eigenvalue weighted by Gasteiger charge is 2.07. The summed E-state index contributed by atoms with van der Waals surface area (Å²) in [5, 5.41) is 8.99. The molecule has 2 rings (SSSR count). The van der Waals surface area contributed by atoms with Crippen LogP contribution in [0.1, 0.15) is 5.56 Å². The quantitative estimate of drug-likeness (QED) is 0.849. The second-order valence-electron chi connectivity index (χ2n) is 3.42. The van der Waals surface area contributed by atoms with Crippen LogP contribution in [-0.4, -0.2) is 10.2 Å². The Kier molecular flexibility index (Phi) is 2.99. The predicted molar refractivity (Wildman–Crippen MR) is 66.6 cm³/mol. The molecule has 0 aliphatic carbocycles. The smallest absolute Gasteiger partial charge is 0.149 e. The Morgan fingerprint density at radius 1 is 1.12 bits per heavy atom. The first-order chi connectivity index (χ1) is 7.58. The lowest BCUT2D eigenvalue weighted by Crippen LogP contribution is -1.98. The van der Waals surface area contributed by atoms with Crippen molar-refractivity contribution >= 4 is 29.0 Å². The number of halogens is 2. The molecule has 1 heterocycles. The van der Waals surface area contributed by atoms with Crippen LogP contribution in [0.3, 0.4) is 0 Å². The monoisotopic (exact) mass is 253 g/mol. The van der Waals surface area contributed by atoms with Crippen molar-refractivity contribution in [2.24, 2.45) is 0 Å². The average molecular weight is 254 g/mol. The molecule has 2 N–H and O–H groups in total. The summed E-state index contributed by atoms with van der Waals surface area (Å²) in [4.78, 5) is 0. The molecule has 0 bridgehead atoms. The molecule has 0 atom stereocenters. The Morgan fingerprint density at radius 3 is 2.50 bits per heavy atom. The van der Waals surface area contributed by atoms with E-state index in [1.807, 2.05) is 19.1 Å². The highest BCUT2D eigenvalue weighted by Crippen LogP contribution is 2.29. The van der Waals surface area contributed by atoms with Gasteiger partial charge in [0.25, 0.3) is 0 Å². The first kappa shape index (κ1) is 11.2. The van der Waals surface area contributed by atoms with E-state index in [2.05, 4.69) is 10.2 Å². The number of nitrogens with zero attached hydrogens (tertiary/aromatic N) is 2. The normalized spacial score (nSPS) is 10.4. The van der Waals surface area contributed by atoms with Crippen molar-refractivity contribution in [2.45, 2.75) is 6.92 Å². The summed E-state index contributed by atoms with van der Waals surface area (Å²) in [7, 11) is 0. The molecule has 3 nitrogen and oxygen atoms in total. The molecule has 0 saturated heterocycles. The largest absolute Gasteiger partial charge is 0.382 e. The Bertz CT molecular complexity index is 541. The number of aromatic nitrogens is 2. The minimum atomic E-state index is 0.425. The summed E-state index contributed by atoms with van der Waals surface area (Å²) < 4.78 is 0. The molecule has 0 radical (unpaired) electrons. The van der Waals surface area contributed by atoms with Gasteiger partial charge < -0.3 is 5.73 Å². The molecule has 0 unspecified atom stereocenters. The fourth-order valence-electron chi connectivity index (χ4n) is 1.32. The predicted octanol–water partition coefficient (Wildman–Crippen LogP) is 3.34. The minimum absolute atomic E-state index is 0.425. The van der Waals surface area contributed by atoms with Crippen LogP contribution < -0.4 is 5.73 Å². The molecule has 1 aromatic heterocycles. The fraction of sp³-hybridized carbons (Fsp3) is 0.0909. The lowest BCUT2D eigenvalue weighted by molar-refractivity contribution is 1.03. The molecule has 0 saturated carbocycles. The van der Waals surface area contributed by atoms with E-state index in [9.17, 15) is 0 Å². The summed E-state index contributed by atoms with van der Waals surface area (Å²) in [5.74, 6) is 0.425. The van der Waals surface area contributed by atoms with Crippen LogP contribution in [0, 0.1) is 6.92 Å². The van der Waals surface area contributed by atoms with Crippen molar-refractivity contribution in [1.29, 1.82) is 0 Å². The summed E-state index contributed by atoms with van der Waals surface area (Å²) >= 11 is 11.9. The van der Waals surface area contributed by atoms with E-state index in [1.54, 1.807) is 12.1 Å². The third kappa shape index (κ3) is 2.10. The molecule has 16 heavy (non-hydrogen) atoms. The maximum atomic E-state index is 6.07. The van der Waals surface area contributed by atoms with Crippen LogP contribution >= 0.6 is 23.2 Å². The molecular formula is C11H9Cl2N3. The average Bonchev–Trinajstić information content (AvgIpc) is 2.22. The van der Waals surface area contributed by atoms with Crippen LogP contribution in [0.5, 0.6) is 0 Å². The van der Waals surface area contributed by atoms with Gasteiger partial charge in [-0.05, 0) is 36.8 Å². The fourth-order valence-corrected chi connectivity index (χ4v) is 1.83. The van der Waals surface area contributed by atoms with Crippen molar-refractivity contribution in [3.05, 3.63) is 39.9 Å². The molecule has 1 aromatic carbocycles. The Balaban J connectivity index is 2.54. The van der Waals surface area contributed by atoms with E-state index in [1.165, 1.54) is 0 Å². The summed E-state index contributed by atoms with van der Waals surface area (Å²) in [5.41, 5.74) is 7.95. The second kappa shape index (κ2) is 4.28. The van der Waals surface area contributed by atoms with Gasteiger partial charge in [-0.1, -0.05) is 23.2 Å². The number of nitrogens with two attached hydrogens (primary N) is 1. The lowest BCUT2D eigenvalue weighted by Gasteiger charge is -2.05. The van der Waals surface area contributed by atoms with Crippen LogP contribution in [0.15, 0.2) is 24.3 Å². The van der Waals surface area contributed by atoms with Crippen LogP contribution in [0.4, 0.5) is 5.82 Å². The van der Waals surface area contributed by atoms with Crippen LogP contribution in [-0.2, 0) is 0 Å². The van der Waals surface area contributed by atoms with Gasteiger partial charge in [0, 0.05) is 10.6 Å². The van der Waals surface area contributed by atoms with Gasteiger partial charge in [0.05, 0.1) is 10.7 Å². The number of hydrogen-bond donors (Lipinski definition) is 1. The zero-order valence-corrected chi connectivity index (χ0v) is 10.0. The molecule has 0 aliphatic rings. The Labute approximate surface area is 103 Å². The summed E-state index contributed by atoms with van der Waals surface area (Å²) in [6.07, 6.45) is 0. The number of benzene rings is 1. The number of anilines is 1. The van der Waals surface area contributed by atoms with Crippen LogP contribution in [0.2, 0.25) is 10.0 Å². The highest BCUT2D eigenvalue weighted by atomic mass is 35.5. The van der Waals surface area contributed by atoms with Crippen molar-refractivity contribution < 1.29 is 0 Å². The summed E-state index contributed by atoms with van der Waals surface area (Å²) in [6.45, 7) is 1.87. The first-order valence-corrected chi connectivity index (χ1v) is 5.39. The Morgan fingerprint density at radius 2 is 1.88 bits per heavy atom. The molecular weight excluding hydrogens is 245 g/mol. The van der Waals surface area contributed by atoms with Gasteiger partial charge in [-0.15, -0.1) is 10.2 Å². The van der Waals surface area contributed by atoms with Gasteiger partial charge in [0.2, 0.25) is 0 Å². The van der Waals surface area contributed by atoms with E-state index in [0.29, 0.717) is 21.6 Å². The van der Waals surface area contributed by atoms with E-state index in [0.717, 1.165) is 11.1 Å². The lowest BCUT2D eigenvalue weighted by atomic mass is 10.1. The maximum absolute atomic E-state index is 6.07. The maximum Gasteiger partial charge on any atom is 0.149 e. The standard InChI is InChI=1S/C11H9Cl2N3/c1-6-4-10(15-16-11(6)14)8-3-2-7(12)5-9(8)13/h2-5H,1H3,(H2,14,16). The topological polar surface area (TPSA) is 51.8 Å². The summed E-state index contributed by atoms with van der Waals surface area (Å²) in [6, 6.07) is 7.09. The van der Waals surface area contributed by atoms with Crippen molar-refractivity contribution in [1.82, 2.24) is 10.2 Å². The van der Waals surface area contributed by atoms with Gasteiger partial charge >= 0.3 is 0 Å². The van der Waals surface area contributed by atoms with Crippen molar-refractivity contribution in [3.8, 4) is 11.3 Å². The van der Waals surface area contributed by atoms with Gasteiger partial charge in [-0.3, -0.25) is 0 Å². The van der Waals surface area contributed by atoms with E-state index < -0.39 is 0 Å². The molecule has 0 aliphatic heterocycles. The number of nitrogen functional groups attached to an aromatic ring is 1. The molecule has 0 fully saturated rings. The van der Waals surface area contributed by atoms with Gasteiger partial charge in [0.15, 0.2) is 0 Å². The second-order valence-corrected chi connectivity index (χ2v) is 4.27. The molecule has 5 heteroatoms.